The monoisotopic (exact) mass is 300 g/mol. The Morgan fingerprint density at radius 3 is 0.750 bits per heavy atom. The zero-order valence-electron chi connectivity index (χ0n) is 9.94. The Morgan fingerprint density at radius 2 is 0.750 bits per heavy atom. The van der Waals surface area contributed by atoms with E-state index >= 15 is 0 Å². The summed E-state index contributed by atoms with van der Waals surface area (Å²) < 4.78 is 0. The molecule has 1 radical (unpaired) electrons. The first kappa shape index (κ1) is 16.8. The van der Waals surface area contributed by atoms with Gasteiger partial charge in [0, 0.05) is 0 Å². The van der Waals surface area contributed by atoms with Gasteiger partial charge in [0.1, 0.15) is 0 Å². The fourth-order valence-electron chi connectivity index (χ4n) is 1.08. The van der Waals surface area contributed by atoms with Crippen molar-refractivity contribution in [1.82, 2.24) is 0 Å². The average molecular weight is 302 g/mol. The molecule has 0 spiro atoms. The number of nitrogens with two attached hydrogens (primary N) is 3. The Hall–Kier alpha value is 0.763. The van der Waals surface area contributed by atoms with Crippen LogP contribution < -0.4 is 17.2 Å². The molecule has 6 N–H and O–H groups in total. The summed E-state index contributed by atoms with van der Waals surface area (Å²) in [5.41, 5.74) is 16.0. The fraction of sp³-hybridized carbons (Fsp3) is 0.750. The fourth-order valence-corrected chi connectivity index (χ4v) is 1.08. The summed E-state index contributed by atoms with van der Waals surface area (Å²) >= 11 is 0. The molecule has 0 heterocycles. The predicted molar refractivity (Wildman–Crippen MR) is 64.5 cm³/mol. The van der Waals surface area contributed by atoms with E-state index in [-0.39, 0.29) is 26.2 Å². The van der Waals surface area contributed by atoms with Crippen molar-refractivity contribution in [3.05, 3.63) is 19.3 Å². The van der Waals surface area contributed by atoms with Crippen LogP contribution in [-0.2, 0) is 26.2 Å². The summed E-state index contributed by atoms with van der Waals surface area (Å²) in [6, 6.07) is 1.32. The van der Waals surface area contributed by atoms with Gasteiger partial charge < -0.3 is 36.5 Å². The number of rotatable bonds is 0. The molecule has 3 rings (SSSR count). The summed E-state index contributed by atoms with van der Waals surface area (Å²) in [5, 5.41) is 0. The van der Waals surface area contributed by atoms with Crippen molar-refractivity contribution < 1.29 is 26.2 Å². The summed E-state index contributed by atoms with van der Waals surface area (Å²) in [7, 11) is 0. The number of hydrogen-bond acceptors (Lipinski definition) is 3. The first-order valence-corrected chi connectivity index (χ1v) is 5.95. The smallest absolute Gasteiger partial charge is 0.357 e. The Kier molecular flexibility index (Phi) is 10.2. The van der Waals surface area contributed by atoms with Gasteiger partial charge in [-0.25, -0.2) is 0 Å². The largest absolute Gasteiger partial charge is 3.00 e. The van der Waals surface area contributed by atoms with Gasteiger partial charge in [0.25, 0.3) is 0 Å². The minimum atomic E-state index is 0. The van der Waals surface area contributed by atoms with Crippen LogP contribution in [0.3, 0.4) is 0 Å². The molecule has 0 aromatic rings. The Balaban J connectivity index is 0.000000205. The van der Waals surface area contributed by atoms with Crippen LogP contribution >= 0.6 is 0 Å². The molecular formula is C12H24N3Zr. The van der Waals surface area contributed by atoms with Gasteiger partial charge in [-0.05, 0) is 0 Å². The van der Waals surface area contributed by atoms with E-state index in [1.54, 1.807) is 0 Å². The van der Waals surface area contributed by atoms with Gasteiger partial charge >= 0.3 is 26.2 Å². The van der Waals surface area contributed by atoms with Gasteiger partial charge in [0.05, 0.1) is 0 Å². The molecule has 3 atom stereocenters. The third-order valence-electron chi connectivity index (χ3n) is 2.91. The van der Waals surface area contributed by atoms with Gasteiger partial charge in [-0.3, -0.25) is 0 Å². The van der Waals surface area contributed by atoms with E-state index in [9.17, 15) is 0 Å². The van der Waals surface area contributed by atoms with Crippen LogP contribution in [0.5, 0.6) is 0 Å². The first-order chi connectivity index (χ1) is 7.18. The second kappa shape index (κ2) is 9.76. The standard InChI is InChI=1S/3C4H8N.Zr/c3*5-4-2-1-3-4;/h3*2,4H,1,3,5H2;/q3*-1;+3. The molecule has 3 nitrogen and oxygen atoms in total. The van der Waals surface area contributed by atoms with E-state index < -0.39 is 0 Å². The van der Waals surface area contributed by atoms with E-state index in [0.29, 0.717) is 18.1 Å². The van der Waals surface area contributed by atoms with E-state index in [1.165, 1.54) is 38.5 Å². The SMILES string of the molecule is NC1[CH-]CC1.NC1[CH-]CC1.NC1[CH-]CC1.[Zr+3]. The minimum absolute atomic E-state index is 0. The van der Waals surface area contributed by atoms with Crippen molar-refractivity contribution in [1.29, 1.82) is 0 Å². The molecule has 91 valence electrons. The van der Waals surface area contributed by atoms with Crippen LogP contribution in [0, 0.1) is 19.3 Å². The van der Waals surface area contributed by atoms with E-state index in [2.05, 4.69) is 19.3 Å². The zero-order chi connectivity index (χ0) is 11.1. The maximum atomic E-state index is 5.32. The average Bonchev–Trinajstić information content (AvgIpc) is 2.10. The topological polar surface area (TPSA) is 78.1 Å². The van der Waals surface area contributed by atoms with Crippen LogP contribution in [0.25, 0.3) is 0 Å². The Bertz CT molecular complexity index is 126. The van der Waals surface area contributed by atoms with Crippen molar-refractivity contribution in [2.45, 2.75) is 56.7 Å². The summed E-state index contributed by atoms with van der Waals surface area (Å²) in [5.74, 6) is 0. The molecule has 0 saturated heterocycles. The van der Waals surface area contributed by atoms with Crippen molar-refractivity contribution in [3.8, 4) is 0 Å². The zero-order valence-corrected chi connectivity index (χ0v) is 12.4. The molecule has 3 fully saturated rings. The van der Waals surface area contributed by atoms with Crippen LogP contribution in [0.1, 0.15) is 38.5 Å². The van der Waals surface area contributed by atoms with E-state index in [4.69, 9.17) is 17.2 Å². The molecule has 16 heavy (non-hydrogen) atoms. The van der Waals surface area contributed by atoms with Crippen LogP contribution in [-0.4, -0.2) is 18.1 Å². The molecule has 3 unspecified atom stereocenters. The van der Waals surface area contributed by atoms with Crippen LogP contribution in [0.2, 0.25) is 0 Å². The minimum Gasteiger partial charge on any atom is -0.357 e. The molecule has 4 heteroatoms. The molecule has 3 saturated carbocycles. The second-order valence-electron chi connectivity index (χ2n) is 4.43. The van der Waals surface area contributed by atoms with Crippen molar-refractivity contribution in [3.63, 3.8) is 0 Å². The quantitative estimate of drug-likeness (QED) is 0.583. The maximum Gasteiger partial charge on any atom is 3.00 e. The normalized spacial score (nSPS) is 34.3. The Morgan fingerprint density at radius 1 is 0.625 bits per heavy atom. The number of hydrogen-bond donors (Lipinski definition) is 3. The molecular weight excluding hydrogens is 277 g/mol. The molecule has 0 bridgehead atoms. The summed E-state index contributed by atoms with van der Waals surface area (Å²) in [6.07, 6.45) is 13.7. The second-order valence-corrected chi connectivity index (χ2v) is 4.43. The molecule has 0 aromatic heterocycles. The van der Waals surface area contributed by atoms with E-state index in [0.717, 1.165) is 0 Å². The third kappa shape index (κ3) is 7.94. The van der Waals surface area contributed by atoms with Crippen molar-refractivity contribution >= 4 is 0 Å². The van der Waals surface area contributed by atoms with Gasteiger partial charge in [-0.2, -0.15) is 19.3 Å². The van der Waals surface area contributed by atoms with Crippen LogP contribution in [0.4, 0.5) is 0 Å². The molecule has 0 aromatic carbocycles. The first-order valence-electron chi connectivity index (χ1n) is 5.95. The summed E-state index contributed by atoms with van der Waals surface area (Å²) in [4.78, 5) is 0. The van der Waals surface area contributed by atoms with Crippen molar-refractivity contribution in [2.75, 3.05) is 0 Å². The molecule has 3 aliphatic rings. The maximum absolute atomic E-state index is 5.32. The van der Waals surface area contributed by atoms with Gasteiger partial charge in [0.2, 0.25) is 0 Å². The Labute approximate surface area is 119 Å². The van der Waals surface area contributed by atoms with Gasteiger partial charge in [0.15, 0.2) is 0 Å². The molecule has 0 aliphatic heterocycles. The van der Waals surface area contributed by atoms with Gasteiger partial charge in [-0.1, -0.05) is 19.3 Å². The predicted octanol–water partition coefficient (Wildman–Crippen LogP) is 0.933. The molecule has 3 aliphatic carbocycles. The summed E-state index contributed by atoms with van der Waals surface area (Å²) in [6.45, 7) is 0. The van der Waals surface area contributed by atoms with Crippen LogP contribution in [0.15, 0.2) is 0 Å². The van der Waals surface area contributed by atoms with Crippen molar-refractivity contribution in [2.24, 2.45) is 17.2 Å². The van der Waals surface area contributed by atoms with Gasteiger partial charge in [-0.15, -0.1) is 18.1 Å². The third-order valence-corrected chi connectivity index (χ3v) is 2.91. The van der Waals surface area contributed by atoms with E-state index in [1.807, 2.05) is 0 Å². The molecule has 0 amide bonds.